The minimum atomic E-state index is -1.57. The van der Waals surface area contributed by atoms with Crippen molar-refractivity contribution in [1.29, 1.82) is 0 Å². The van der Waals surface area contributed by atoms with E-state index in [2.05, 4.69) is 0 Å². The zero-order valence-electron chi connectivity index (χ0n) is 10.6. The summed E-state index contributed by atoms with van der Waals surface area (Å²) in [4.78, 5) is 0. The number of methoxy groups -OCH3 is 1. The van der Waals surface area contributed by atoms with E-state index in [9.17, 15) is 10.0 Å². The van der Waals surface area contributed by atoms with Gasteiger partial charge in [-0.05, 0) is 11.6 Å². The van der Waals surface area contributed by atoms with Gasteiger partial charge in [-0.2, -0.15) is 0 Å². The average molecular weight is 258 g/mol. The molecule has 0 saturated heterocycles. The molecule has 4 nitrogen and oxygen atoms in total. The second-order valence-electron chi connectivity index (χ2n) is 4.05. The molecule has 0 aromatic heterocycles. The van der Waals surface area contributed by atoms with Crippen LogP contribution in [0.5, 0.6) is 11.5 Å². The minimum absolute atomic E-state index is 0.316. The lowest BCUT2D eigenvalue weighted by atomic mass is 9.79. The Labute approximate surface area is 112 Å². The Balaban J connectivity index is 2.18. The summed E-state index contributed by atoms with van der Waals surface area (Å²) in [5.41, 5.74) is 1.32. The van der Waals surface area contributed by atoms with Crippen LogP contribution < -0.4 is 14.9 Å². The molecule has 2 N–H and O–H groups in total. The molecular formula is C14H15BO4. The number of rotatable bonds is 5. The van der Waals surface area contributed by atoms with Crippen LogP contribution in [0, 0.1) is 0 Å². The van der Waals surface area contributed by atoms with Gasteiger partial charge in [-0.25, -0.2) is 0 Å². The first-order valence-corrected chi connectivity index (χ1v) is 5.91. The highest BCUT2D eigenvalue weighted by molar-refractivity contribution is 6.59. The van der Waals surface area contributed by atoms with E-state index in [4.69, 9.17) is 9.47 Å². The van der Waals surface area contributed by atoms with Gasteiger partial charge >= 0.3 is 7.12 Å². The van der Waals surface area contributed by atoms with Crippen molar-refractivity contribution in [2.24, 2.45) is 0 Å². The predicted molar refractivity (Wildman–Crippen MR) is 73.6 cm³/mol. The second kappa shape index (κ2) is 6.27. The maximum Gasteiger partial charge on any atom is 0.492 e. The molecule has 0 saturated carbocycles. The average Bonchev–Trinajstić information content (AvgIpc) is 2.45. The van der Waals surface area contributed by atoms with Gasteiger partial charge in [0, 0.05) is 11.5 Å². The van der Waals surface area contributed by atoms with Gasteiger partial charge in [0.1, 0.15) is 18.1 Å². The van der Waals surface area contributed by atoms with E-state index in [1.165, 1.54) is 0 Å². The third-order valence-electron chi connectivity index (χ3n) is 2.74. The van der Waals surface area contributed by atoms with Crippen LogP contribution in [-0.4, -0.2) is 24.3 Å². The second-order valence-corrected chi connectivity index (χ2v) is 4.05. The van der Waals surface area contributed by atoms with Crippen molar-refractivity contribution >= 4 is 12.6 Å². The lowest BCUT2D eigenvalue weighted by Crippen LogP contribution is -2.31. The molecule has 0 radical (unpaired) electrons. The molecule has 0 aliphatic heterocycles. The van der Waals surface area contributed by atoms with E-state index >= 15 is 0 Å². The first-order valence-electron chi connectivity index (χ1n) is 5.91. The van der Waals surface area contributed by atoms with E-state index in [1.807, 2.05) is 30.3 Å². The molecule has 98 valence electrons. The van der Waals surface area contributed by atoms with E-state index in [0.29, 0.717) is 23.6 Å². The molecule has 0 aliphatic rings. The van der Waals surface area contributed by atoms with Gasteiger partial charge in [0.15, 0.2) is 0 Å². The molecule has 0 atom stereocenters. The summed E-state index contributed by atoms with van der Waals surface area (Å²) in [6.07, 6.45) is 0. The quantitative estimate of drug-likeness (QED) is 0.784. The molecular weight excluding hydrogens is 243 g/mol. The summed E-state index contributed by atoms with van der Waals surface area (Å²) in [7, 11) is -0.0255. The maximum atomic E-state index is 9.30. The van der Waals surface area contributed by atoms with E-state index in [-0.39, 0.29) is 0 Å². The summed E-state index contributed by atoms with van der Waals surface area (Å²) < 4.78 is 10.7. The largest absolute Gasteiger partial charge is 0.497 e. The Kier molecular flexibility index (Phi) is 4.44. The molecule has 0 heterocycles. The van der Waals surface area contributed by atoms with Gasteiger partial charge in [-0.1, -0.05) is 36.4 Å². The van der Waals surface area contributed by atoms with Crippen molar-refractivity contribution < 1.29 is 19.5 Å². The van der Waals surface area contributed by atoms with Crippen molar-refractivity contribution in [2.75, 3.05) is 7.11 Å². The van der Waals surface area contributed by atoms with Gasteiger partial charge in [-0.3, -0.25) is 0 Å². The van der Waals surface area contributed by atoms with E-state index < -0.39 is 7.12 Å². The van der Waals surface area contributed by atoms with Gasteiger partial charge in [0.05, 0.1) is 7.11 Å². The summed E-state index contributed by atoms with van der Waals surface area (Å²) >= 11 is 0. The molecule has 0 aliphatic carbocycles. The Bertz CT molecular complexity index is 528. The van der Waals surface area contributed by atoms with Crippen molar-refractivity contribution in [1.82, 2.24) is 0 Å². The summed E-state index contributed by atoms with van der Waals surface area (Å²) in [6.45, 7) is 0.355. The number of ether oxygens (including phenoxy) is 2. The van der Waals surface area contributed by atoms with Crippen LogP contribution in [0.15, 0.2) is 48.5 Å². The van der Waals surface area contributed by atoms with Crippen LogP contribution in [0.4, 0.5) is 0 Å². The molecule has 19 heavy (non-hydrogen) atoms. The van der Waals surface area contributed by atoms with Crippen LogP contribution >= 0.6 is 0 Å². The Hall–Kier alpha value is -1.98. The molecule has 2 aromatic rings. The zero-order valence-corrected chi connectivity index (χ0v) is 10.6. The summed E-state index contributed by atoms with van der Waals surface area (Å²) in [5.74, 6) is 1.01. The van der Waals surface area contributed by atoms with Crippen molar-refractivity contribution in [3.8, 4) is 11.5 Å². The first kappa shape index (κ1) is 13.5. The molecule has 0 fully saturated rings. The van der Waals surface area contributed by atoms with Gasteiger partial charge < -0.3 is 19.5 Å². The SMILES string of the molecule is COc1ccc(B(O)O)c(OCc2ccccc2)c1. The first-order chi connectivity index (χ1) is 9.20. The fourth-order valence-corrected chi connectivity index (χ4v) is 1.72. The van der Waals surface area contributed by atoms with Crippen LogP contribution in [0.1, 0.15) is 5.56 Å². The van der Waals surface area contributed by atoms with Crippen molar-refractivity contribution in [3.05, 3.63) is 54.1 Å². The Morgan fingerprint density at radius 3 is 2.42 bits per heavy atom. The highest BCUT2D eigenvalue weighted by Gasteiger charge is 2.17. The van der Waals surface area contributed by atoms with Gasteiger partial charge in [-0.15, -0.1) is 0 Å². The molecule has 2 rings (SSSR count). The smallest absolute Gasteiger partial charge is 0.492 e. The van der Waals surface area contributed by atoms with Crippen LogP contribution in [-0.2, 0) is 6.61 Å². The van der Waals surface area contributed by atoms with Gasteiger partial charge in [0.25, 0.3) is 0 Å². The lowest BCUT2D eigenvalue weighted by Gasteiger charge is -2.12. The molecule has 0 spiro atoms. The monoisotopic (exact) mass is 258 g/mol. The van der Waals surface area contributed by atoms with Crippen LogP contribution in [0.25, 0.3) is 0 Å². The maximum absolute atomic E-state index is 9.30. The third kappa shape index (κ3) is 3.50. The molecule has 5 heteroatoms. The molecule has 0 unspecified atom stereocenters. The predicted octanol–water partition coefficient (Wildman–Crippen LogP) is 0.954. The lowest BCUT2D eigenvalue weighted by molar-refractivity contribution is 0.304. The number of benzene rings is 2. The van der Waals surface area contributed by atoms with Gasteiger partial charge in [0.2, 0.25) is 0 Å². The Morgan fingerprint density at radius 2 is 1.79 bits per heavy atom. The van der Waals surface area contributed by atoms with Crippen molar-refractivity contribution in [3.63, 3.8) is 0 Å². The molecule has 0 bridgehead atoms. The zero-order chi connectivity index (χ0) is 13.7. The normalized spacial score (nSPS) is 10.1. The standard InChI is InChI=1S/C14H15BO4/c1-18-12-7-8-13(15(16)17)14(9-12)19-10-11-5-3-2-4-6-11/h2-9,16-17H,10H2,1H3. The Morgan fingerprint density at radius 1 is 1.05 bits per heavy atom. The topological polar surface area (TPSA) is 58.9 Å². The summed E-state index contributed by atoms with van der Waals surface area (Å²) in [5, 5.41) is 18.6. The fourth-order valence-electron chi connectivity index (χ4n) is 1.72. The van der Waals surface area contributed by atoms with Crippen LogP contribution in [0.2, 0.25) is 0 Å². The highest BCUT2D eigenvalue weighted by atomic mass is 16.5. The van der Waals surface area contributed by atoms with E-state index in [1.54, 1.807) is 25.3 Å². The van der Waals surface area contributed by atoms with Crippen LogP contribution in [0.3, 0.4) is 0 Å². The number of hydrogen-bond donors (Lipinski definition) is 2. The van der Waals surface area contributed by atoms with E-state index in [0.717, 1.165) is 5.56 Å². The molecule has 2 aromatic carbocycles. The molecule has 0 amide bonds. The van der Waals surface area contributed by atoms with Crippen molar-refractivity contribution in [2.45, 2.75) is 6.61 Å². The number of hydrogen-bond acceptors (Lipinski definition) is 4. The third-order valence-corrected chi connectivity index (χ3v) is 2.74. The summed E-state index contributed by atoms with van der Waals surface area (Å²) in [6, 6.07) is 14.5. The minimum Gasteiger partial charge on any atom is -0.497 e. The highest BCUT2D eigenvalue weighted by Crippen LogP contribution is 2.18. The fraction of sp³-hybridized carbons (Fsp3) is 0.143.